The van der Waals surface area contributed by atoms with Gasteiger partial charge in [-0.05, 0) is 37.7 Å². The summed E-state index contributed by atoms with van der Waals surface area (Å²) in [5, 5.41) is 16.3. The van der Waals surface area contributed by atoms with Crippen LogP contribution in [0.4, 0.5) is 11.4 Å². The van der Waals surface area contributed by atoms with Crippen molar-refractivity contribution in [3.8, 4) is 0 Å². The van der Waals surface area contributed by atoms with E-state index in [2.05, 4.69) is 5.32 Å². The van der Waals surface area contributed by atoms with E-state index in [-0.39, 0.29) is 16.6 Å². The molecule has 0 spiro atoms. The van der Waals surface area contributed by atoms with Crippen LogP contribution in [-0.2, 0) is 9.84 Å². The molecule has 1 atom stereocenters. The monoisotopic (exact) mass is 369 g/mol. The Bertz CT molecular complexity index is 817. The van der Waals surface area contributed by atoms with Gasteiger partial charge in [-0.25, -0.2) is 8.42 Å². The van der Waals surface area contributed by atoms with Crippen LogP contribution in [0, 0.1) is 10.1 Å². The van der Waals surface area contributed by atoms with Crippen LogP contribution in [0.3, 0.4) is 0 Å². The van der Waals surface area contributed by atoms with Crippen molar-refractivity contribution in [2.45, 2.75) is 10.9 Å². The summed E-state index contributed by atoms with van der Waals surface area (Å²) in [6, 6.07) is 7.93. The quantitative estimate of drug-likeness (QED) is 0.596. The molecule has 0 aliphatic heterocycles. The van der Waals surface area contributed by atoms with Crippen molar-refractivity contribution in [2.24, 2.45) is 0 Å². The lowest BCUT2D eigenvalue weighted by Crippen LogP contribution is -2.26. The molecule has 0 saturated heterocycles. The summed E-state index contributed by atoms with van der Waals surface area (Å²) >= 11 is 1.62. The lowest BCUT2D eigenvalue weighted by molar-refractivity contribution is -0.384. The van der Waals surface area contributed by atoms with E-state index < -0.39 is 14.8 Å². The second-order valence-electron chi connectivity index (χ2n) is 5.58. The van der Waals surface area contributed by atoms with E-state index in [1.807, 2.05) is 36.5 Å². The second-order valence-corrected chi connectivity index (χ2v) is 8.58. The van der Waals surface area contributed by atoms with Gasteiger partial charge < -0.3 is 10.2 Å². The molecule has 2 rings (SSSR count). The van der Waals surface area contributed by atoms with E-state index in [1.165, 1.54) is 12.1 Å². The van der Waals surface area contributed by atoms with Gasteiger partial charge in [0, 0.05) is 23.7 Å². The van der Waals surface area contributed by atoms with Gasteiger partial charge in [0.25, 0.3) is 5.69 Å². The molecule has 1 heterocycles. The zero-order valence-corrected chi connectivity index (χ0v) is 15.2. The lowest BCUT2D eigenvalue weighted by Gasteiger charge is -2.24. The SMILES string of the molecule is CN(C)[C@H](CNc1ccc(S(C)(=O)=O)cc1[N+](=O)[O-])c1cccs1. The fraction of sp³-hybridized carbons (Fsp3) is 0.333. The summed E-state index contributed by atoms with van der Waals surface area (Å²) in [6.07, 6.45) is 1.03. The van der Waals surface area contributed by atoms with Crippen LogP contribution in [0.25, 0.3) is 0 Å². The number of likely N-dealkylation sites (N-methyl/N-ethyl adjacent to an activating group) is 1. The summed E-state index contributed by atoms with van der Waals surface area (Å²) < 4.78 is 23.2. The van der Waals surface area contributed by atoms with Crippen LogP contribution in [-0.4, -0.2) is 45.1 Å². The third-order valence-electron chi connectivity index (χ3n) is 3.57. The highest BCUT2D eigenvalue weighted by Gasteiger charge is 2.21. The first-order chi connectivity index (χ1) is 11.2. The van der Waals surface area contributed by atoms with Gasteiger partial charge >= 0.3 is 0 Å². The third-order valence-corrected chi connectivity index (χ3v) is 5.66. The molecule has 1 aromatic carbocycles. The first-order valence-corrected chi connectivity index (χ1v) is 9.89. The molecule has 0 amide bonds. The van der Waals surface area contributed by atoms with Gasteiger partial charge in [0.2, 0.25) is 0 Å². The summed E-state index contributed by atoms with van der Waals surface area (Å²) in [7, 11) is 0.381. The van der Waals surface area contributed by atoms with Gasteiger partial charge in [-0.15, -0.1) is 11.3 Å². The first kappa shape index (κ1) is 18.4. The first-order valence-electron chi connectivity index (χ1n) is 7.12. The molecular formula is C15H19N3O4S2. The number of anilines is 1. The van der Waals surface area contributed by atoms with E-state index in [0.717, 1.165) is 17.2 Å². The molecule has 1 aromatic heterocycles. The number of nitro groups is 1. The molecule has 24 heavy (non-hydrogen) atoms. The average Bonchev–Trinajstić information content (AvgIpc) is 3.00. The molecular weight excluding hydrogens is 350 g/mol. The number of thiophene rings is 1. The summed E-state index contributed by atoms with van der Waals surface area (Å²) in [5.41, 5.74) is 0.0532. The summed E-state index contributed by atoms with van der Waals surface area (Å²) in [4.78, 5) is 13.8. The van der Waals surface area contributed by atoms with Crippen LogP contribution in [0.15, 0.2) is 40.6 Å². The van der Waals surface area contributed by atoms with Gasteiger partial charge in [0.05, 0.1) is 15.9 Å². The van der Waals surface area contributed by atoms with Crippen molar-refractivity contribution in [1.29, 1.82) is 0 Å². The molecule has 0 saturated carbocycles. The number of nitrogens with one attached hydrogen (secondary N) is 1. The number of sulfone groups is 1. The maximum atomic E-state index is 11.6. The van der Waals surface area contributed by atoms with Gasteiger partial charge in [0.15, 0.2) is 9.84 Å². The Labute approximate surface area is 145 Å². The topological polar surface area (TPSA) is 92.6 Å². The smallest absolute Gasteiger partial charge is 0.293 e. The van der Waals surface area contributed by atoms with Gasteiger partial charge in [-0.3, -0.25) is 10.1 Å². The zero-order valence-electron chi connectivity index (χ0n) is 13.6. The fourth-order valence-corrected chi connectivity index (χ4v) is 3.83. The minimum absolute atomic E-state index is 0.0548. The summed E-state index contributed by atoms with van der Waals surface area (Å²) in [5.74, 6) is 0. The molecule has 0 fully saturated rings. The Hall–Kier alpha value is -1.97. The molecule has 130 valence electrons. The average molecular weight is 369 g/mol. The zero-order chi connectivity index (χ0) is 17.9. The van der Waals surface area contributed by atoms with E-state index in [9.17, 15) is 18.5 Å². The van der Waals surface area contributed by atoms with Crippen molar-refractivity contribution < 1.29 is 13.3 Å². The fourth-order valence-electron chi connectivity index (χ4n) is 2.27. The number of benzene rings is 1. The van der Waals surface area contributed by atoms with Gasteiger partial charge in [-0.1, -0.05) is 6.07 Å². The highest BCUT2D eigenvalue weighted by Crippen LogP contribution is 2.29. The third kappa shape index (κ3) is 4.31. The maximum Gasteiger partial charge on any atom is 0.293 e. The Morgan fingerprint density at radius 1 is 1.33 bits per heavy atom. The van der Waals surface area contributed by atoms with Crippen molar-refractivity contribution in [3.05, 3.63) is 50.7 Å². The Morgan fingerprint density at radius 3 is 2.54 bits per heavy atom. The molecule has 0 bridgehead atoms. The lowest BCUT2D eigenvalue weighted by atomic mass is 10.2. The highest BCUT2D eigenvalue weighted by atomic mass is 32.2. The van der Waals surface area contributed by atoms with Crippen molar-refractivity contribution in [2.75, 3.05) is 32.2 Å². The van der Waals surface area contributed by atoms with Crippen LogP contribution >= 0.6 is 11.3 Å². The molecule has 7 nitrogen and oxygen atoms in total. The predicted molar refractivity (Wildman–Crippen MR) is 95.4 cm³/mol. The number of nitrogens with zero attached hydrogens (tertiary/aromatic N) is 2. The number of hydrogen-bond acceptors (Lipinski definition) is 7. The molecule has 2 aromatic rings. The standard InChI is InChI=1S/C15H19N3O4S2/c1-17(2)14(15-5-4-8-23-15)10-16-12-7-6-11(24(3,21)22)9-13(12)18(19)20/h4-9,14,16H,10H2,1-3H3/t14-/m1/s1. The Morgan fingerprint density at radius 2 is 2.04 bits per heavy atom. The molecule has 0 aliphatic rings. The number of nitro benzene ring substituents is 1. The van der Waals surface area contributed by atoms with E-state index >= 15 is 0 Å². The van der Waals surface area contributed by atoms with E-state index in [1.54, 1.807) is 11.3 Å². The Kier molecular flexibility index (Phi) is 5.58. The molecule has 0 radical (unpaired) electrons. The van der Waals surface area contributed by atoms with Crippen molar-refractivity contribution in [3.63, 3.8) is 0 Å². The van der Waals surface area contributed by atoms with Crippen molar-refractivity contribution >= 4 is 32.5 Å². The second kappa shape index (κ2) is 7.29. The van der Waals surface area contributed by atoms with Gasteiger partial charge in [-0.2, -0.15) is 0 Å². The largest absolute Gasteiger partial charge is 0.378 e. The van der Waals surface area contributed by atoms with Crippen LogP contribution in [0.1, 0.15) is 10.9 Å². The minimum atomic E-state index is -3.49. The highest BCUT2D eigenvalue weighted by molar-refractivity contribution is 7.90. The van der Waals surface area contributed by atoms with Gasteiger partial charge in [0.1, 0.15) is 5.69 Å². The Balaban J connectivity index is 2.27. The van der Waals surface area contributed by atoms with Crippen LogP contribution < -0.4 is 5.32 Å². The van der Waals surface area contributed by atoms with Crippen LogP contribution in [0.5, 0.6) is 0 Å². The maximum absolute atomic E-state index is 11.6. The normalized spacial score (nSPS) is 13.0. The van der Waals surface area contributed by atoms with E-state index in [4.69, 9.17) is 0 Å². The molecule has 1 N–H and O–H groups in total. The summed E-state index contributed by atoms with van der Waals surface area (Å²) in [6.45, 7) is 0.465. The predicted octanol–water partition coefficient (Wildman–Crippen LogP) is 2.77. The van der Waals surface area contributed by atoms with Crippen molar-refractivity contribution in [1.82, 2.24) is 4.90 Å². The molecule has 0 aliphatic carbocycles. The minimum Gasteiger partial charge on any atom is -0.378 e. The molecule has 0 unspecified atom stereocenters. The van der Waals surface area contributed by atoms with Crippen LogP contribution in [0.2, 0.25) is 0 Å². The number of rotatable bonds is 7. The molecule has 9 heteroatoms. The number of hydrogen-bond donors (Lipinski definition) is 1. The van der Waals surface area contributed by atoms with E-state index in [0.29, 0.717) is 12.2 Å².